The Hall–Kier alpha value is -3.24. The Bertz CT molecular complexity index is 1340. The maximum Gasteiger partial charge on any atom is 0.260 e. The molecule has 5 aromatic rings. The van der Waals surface area contributed by atoms with E-state index >= 15 is 0 Å². The summed E-state index contributed by atoms with van der Waals surface area (Å²) in [5, 5.41) is 15.0. The van der Waals surface area contributed by atoms with Gasteiger partial charge in [0.15, 0.2) is 0 Å². The first-order valence-electron chi connectivity index (χ1n) is 9.21. The quantitative estimate of drug-likeness (QED) is 0.399. The van der Waals surface area contributed by atoms with Crippen LogP contribution in [0.25, 0.3) is 21.5 Å². The largest absolute Gasteiger partial charge is 0.464 e. The lowest BCUT2D eigenvalue weighted by molar-refractivity contribution is 0.583. The molecule has 5 rings (SSSR count). The van der Waals surface area contributed by atoms with Gasteiger partial charge in [-0.2, -0.15) is 0 Å². The molecule has 0 aliphatic heterocycles. The van der Waals surface area contributed by atoms with Crippen LogP contribution in [0.2, 0.25) is 0 Å². The molecule has 1 unspecified atom stereocenters. The molecule has 1 aromatic carbocycles. The van der Waals surface area contributed by atoms with Gasteiger partial charge in [-0.25, -0.2) is 9.67 Å². The van der Waals surface area contributed by atoms with Crippen LogP contribution in [0.4, 0.5) is 0 Å². The van der Waals surface area contributed by atoms with Crippen molar-refractivity contribution in [3.05, 3.63) is 75.8 Å². The van der Waals surface area contributed by atoms with Gasteiger partial charge in [-0.1, -0.05) is 42.1 Å². The molecule has 0 amide bonds. The predicted octanol–water partition coefficient (Wildman–Crippen LogP) is 4.13. The molecule has 4 heterocycles. The van der Waals surface area contributed by atoms with Crippen molar-refractivity contribution in [1.82, 2.24) is 30.2 Å². The summed E-state index contributed by atoms with van der Waals surface area (Å²) in [6.45, 7) is 2.54. The van der Waals surface area contributed by atoms with Gasteiger partial charge in [0.2, 0.25) is 5.16 Å². The van der Waals surface area contributed by atoms with Crippen molar-refractivity contribution < 1.29 is 4.42 Å². The van der Waals surface area contributed by atoms with Crippen LogP contribution in [-0.4, -0.2) is 30.2 Å². The molecular formula is C20H16N6O2S2. The fourth-order valence-electron chi connectivity index (χ4n) is 3.12. The number of hydrogen-bond acceptors (Lipinski definition) is 8. The highest BCUT2D eigenvalue weighted by atomic mass is 32.2. The molecule has 0 fully saturated rings. The van der Waals surface area contributed by atoms with Crippen LogP contribution in [0.5, 0.6) is 0 Å². The second-order valence-corrected chi connectivity index (χ2v) is 8.79. The lowest BCUT2D eigenvalue weighted by Gasteiger charge is -2.10. The summed E-state index contributed by atoms with van der Waals surface area (Å²) in [6, 6.07) is 13.6. The number of benzene rings is 1. The van der Waals surface area contributed by atoms with Gasteiger partial charge in [-0.05, 0) is 35.0 Å². The molecule has 1 N–H and O–H groups in total. The number of thioether (sulfide) groups is 1. The molecule has 0 aliphatic rings. The highest BCUT2D eigenvalue weighted by Crippen LogP contribution is 2.34. The predicted molar refractivity (Wildman–Crippen MR) is 116 cm³/mol. The number of furan rings is 1. The number of aromatic amines is 1. The summed E-state index contributed by atoms with van der Waals surface area (Å²) in [5.74, 6) is 1.24. The average Bonchev–Trinajstić information content (AvgIpc) is 3.50. The van der Waals surface area contributed by atoms with Gasteiger partial charge in [0.25, 0.3) is 5.56 Å². The van der Waals surface area contributed by atoms with Crippen LogP contribution in [0.15, 0.2) is 68.5 Å². The number of fused-ring (bicyclic) bond motifs is 1. The second kappa shape index (κ2) is 7.88. The molecule has 0 aliphatic carbocycles. The van der Waals surface area contributed by atoms with E-state index in [2.05, 4.69) is 25.5 Å². The van der Waals surface area contributed by atoms with E-state index in [4.69, 9.17) is 4.42 Å². The summed E-state index contributed by atoms with van der Waals surface area (Å²) >= 11 is 2.88. The molecule has 10 heteroatoms. The van der Waals surface area contributed by atoms with E-state index in [9.17, 15) is 4.79 Å². The van der Waals surface area contributed by atoms with Crippen molar-refractivity contribution in [3.63, 3.8) is 0 Å². The highest BCUT2D eigenvalue weighted by molar-refractivity contribution is 7.99. The van der Waals surface area contributed by atoms with E-state index in [-0.39, 0.29) is 10.8 Å². The Balaban J connectivity index is 1.42. The zero-order valence-corrected chi connectivity index (χ0v) is 17.5. The Morgan fingerprint density at radius 1 is 1.23 bits per heavy atom. The zero-order valence-electron chi connectivity index (χ0n) is 15.8. The van der Waals surface area contributed by atoms with Crippen molar-refractivity contribution in [3.8, 4) is 11.3 Å². The second-order valence-electron chi connectivity index (χ2n) is 6.62. The van der Waals surface area contributed by atoms with Gasteiger partial charge in [-0.3, -0.25) is 4.79 Å². The summed E-state index contributed by atoms with van der Waals surface area (Å²) in [6.07, 6.45) is 1.59. The first-order chi connectivity index (χ1) is 14.7. The summed E-state index contributed by atoms with van der Waals surface area (Å²) in [5.41, 5.74) is 1.68. The number of hydrogen-bond donors (Lipinski definition) is 1. The number of H-pyrrole nitrogens is 1. The van der Waals surface area contributed by atoms with Crippen LogP contribution >= 0.6 is 23.1 Å². The van der Waals surface area contributed by atoms with Crippen LogP contribution in [-0.2, 0) is 6.54 Å². The Kier molecular flexibility index (Phi) is 4.93. The van der Waals surface area contributed by atoms with Crippen molar-refractivity contribution in [2.45, 2.75) is 23.9 Å². The van der Waals surface area contributed by atoms with Gasteiger partial charge in [0, 0.05) is 10.9 Å². The minimum Gasteiger partial charge on any atom is -0.464 e. The molecule has 150 valence electrons. The van der Waals surface area contributed by atoms with Crippen LogP contribution in [0.1, 0.15) is 23.6 Å². The number of nitrogens with one attached hydrogen (secondary N) is 1. The monoisotopic (exact) mass is 436 g/mol. The first kappa shape index (κ1) is 18.8. The topological polar surface area (TPSA) is 102 Å². The van der Waals surface area contributed by atoms with Crippen molar-refractivity contribution in [2.24, 2.45) is 0 Å². The normalized spacial score (nSPS) is 12.4. The number of rotatable bonds is 6. The van der Waals surface area contributed by atoms with E-state index in [0.717, 1.165) is 11.1 Å². The van der Waals surface area contributed by atoms with Crippen molar-refractivity contribution in [2.75, 3.05) is 0 Å². The standard InChI is InChI=1S/C20H16N6O2S2/c1-12(30-20-23-24-25-26(20)10-13-6-3-2-4-7-13)17-21-18(27)16-14(11-29-19(16)22-17)15-8-5-9-28-15/h2-9,11-12H,10H2,1H3,(H,21,22,27). The van der Waals surface area contributed by atoms with Gasteiger partial charge >= 0.3 is 0 Å². The molecule has 0 saturated carbocycles. The summed E-state index contributed by atoms with van der Waals surface area (Å²) < 4.78 is 7.19. The van der Waals surface area contributed by atoms with Crippen LogP contribution in [0, 0.1) is 0 Å². The maximum atomic E-state index is 12.8. The molecule has 4 aromatic heterocycles. The highest BCUT2D eigenvalue weighted by Gasteiger charge is 2.19. The Morgan fingerprint density at radius 2 is 2.10 bits per heavy atom. The molecule has 1 atom stereocenters. The van der Waals surface area contributed by atoms with Gasteiger partial charge in [0.1, 0.15) is 16.4 Å². The van der Waals surface area contributed by atoms with E-state index in [1.54, 1.807) is 17.0 Å². The molecule has 0 radical (unpaired) electrons. The zero-order chi connectivity index (χ0) is 20.5. The number of nitrogens with zero attached hydrogens (tertiary/aromatic N) is 5. The minimum absolute atomic E-state index is 0.142. The molecule has 0 spiro atoms. The van der Waals surface area contributed by atoms with E-state index < -0.39 is 0 Å². The lowest BCUT2D eigenvalue weighted by Crippen LogP contribution is -2.13. The van der Waals surface area contributed by atoms with E-state index in [0.29, 0.717) is 33.5 Å². The third kappa shape index (κ3) is 3.55. The first-order valence-corrected chi connectivity index (χ1v) is 11.0. The van der Waals surface area contributed by atoms with Gasteiger partial charge in [0.05, 0.1) is 23.4 Å². The van der Waals surface area contributed by atoms with Gasteiger partial charge < -0.3 is 9.40 Å². The Morgan fingerprint density at radius 3 is 2.90 bits per heavy atom. The number of thiophene rings is 1. The molecule has 30 heavy (non-hydrogen) atoms. The average molecular weight is 437 g/mol. The Labute approximate surface area is 179 Å². The lowest BCUT2D eigenvalue weighted by atomic mass is 10.2. The van der Waals surface area contributed by atoms with Gasteiger partial charge in [-0.15, -0.1) is 16.4 Å². The third-order valence-electron chi connectivity index (χ3n) is 4.59. The smallest absolute Gasteiger partial charge is 0.260 e. The van der Waals surface area contributed by atoms with Crippen molar-refractivity contribution >= 4 is 33.3 Å². The molecule has 0 saturated heterocycles. The van der Waals surface area contributed by atoms with Crippen LogP contribution < -0.4 is 5.56 Å². The van der Waals surface area contributed by atoms with Crippen molar-refractivity contribution in [1.29, 1.82) is 0 Å². The minimum atomic E-state index is -0.182. The maximum absolute atomic E-state index is 12.8. The molecule has 0 bridgehead atoms. The molecular weight excluding hydrogens is 420 g/mol. The van der Waals surface area contributed by atoms with E-state index in [1.165, 1.54) is 23.1 Å². The number of tetrazole rings is 1. The van der Waals surface area contributed by atoms with Crippen LogP contribution in [0.3, 0.4) is 0 Å². The summed E-state index contributed by atoms with van der Waals surface area (Å²) in [4.78, 5) is 21.1. The molecule has 8 nitrogen and oxygen atoms in total. The number of aromatic nitrogens is 6. The SMILES string of the molecule is CC(Sc1nnnn1Cc1ccccc1)c1nc2scc(-c3ccco3)c2c(=O)[nH]1. The fraction of sp³-hybridized carbons (Fsp3) is 0.150. The van der Waals surface area contributed by atoms with E-state index in [1.807, 2.05) is 48.7 Å². The third-order valence-corrected chi connectivity index (χ3v) is 6.54. The fourth-order valence-corrected chi connectivity index (χ4v) is 4.90. The summed E-state index contributed by atoms with van der Waals surface area (Å²) in [7, 11) is 0.